The fourth-order valence-corrected chi connectivity index (χ4v) is 5.82. The minimum atomic E-state index is -0.576. The predicted molar refractivity (Wildman–Crippen MR) is 133 cm³/mol. The summed E-state index contributed by atoms with van der Waals surface area (Å²) in [5, 5.41) is 4.63. The van der Waals surface area contributed by atoms with Gasteiger partial charge in [0.2, 0.25) is 5.91 Å². The number of fused-ring (bicyclic) bond motifs is 2. The molecule has 0 radical (unpaired) electrons. The molecule has 0 aliphatic carbocycles. The van der Waals surface area contributed by atoms with Crippen LogP contribution in [0.3, 0.4) is 0 Å². The third-order valence-corrected chi connectivity index (χ3v) is 7.75. The first-order chi connectivity index (χ1) is 16.0. The summed E-state index contributed by atoms with van der Waals surface area (Å²) in [4.78, 5) is 46.1. The van der Waals surface area contributed by atoms with Crippen LogP contribution in [0.4, 0.5) is 5.69 Å². The number of aromatic nitrogens is 2. The maximum absolute atomic E-state index is 12.7. The molecule has 2 aromatic heterocycles. The highest BCUT2D eigenvalue weighted by molar-refractivity contribution is 9.10. The Labute approximate surface area is 204 Å². The average Bonchev–Trinajstić information content (AvgIpc) is 3.23. The van der Waals surface area contributed by atoms with Crippen LogP contribution in [-0.4, -0.2) is 27.1 Å². The number of halogens is 1. The molecule has 0 saturated heterocycles. The fourth-order valence-electron chi connectivity index (χ4n) is 3.49. The Balaban J connectivity index is 1.27. The van der Waals surface area contributed by atoms with Gasteiger partial charge in [0.1, 0.15) is 17.3 Å². The normalized spacial score (nSPS) is 15.2. The molecule has 0 saturated carbocycles. The average molecular weight is 542 g/mol. The predicted octanol–water partition coefficient (Wildman–Crippen LogP) is 4.96. The summed E-state index contributed by atoms with van der Waals surface area (Å²) in [6, 6.07) is 15.1. The molecule has 4 aromatic rings. The van der Waals surface area contributed by atoms with E-state index in [-0.39, 0.29) is 30.3 Å². The molecule has 0 unspecified atom stereocenters. The number of amides is 1. The third-order valence-electron chi connectivity index (χ3n) is 5.08. The van der Waals surface area contributed by atoms with Crippen LogP contribution in [0.1, 0.15) is 12.2 Å². The maximum Gasteiger partial charge on any atom is 0.307 e. The number of carbonyl (C=O) groups excluding carboxylic acids is 2. The van der Waals surface area contributed by atoms with E-state index in [4.69, 9.17) is 4.74 Å². The summed E-state index contributed by atoms with van der Waals surface area (Å²) in [6.45, 7) is -0.175. The molecule has 5 rings (SSSR count). The van der Waals surface area contributed by atoms with Gasteiger partial charge in [-0.2, -0.15) is 0 Å². The van der Waals surface area contributed by atoms with E-state index in [2.05, 4.69) is 31.2 Å². The second-order valence-corrected chi connectivity index (χ2v) is 10.3. The highest BCUT2D eigenvalue weighted by Crippen LogP contribution is 2.36. The van der Waals surface area contributed by atoms with Crippen LogP contribution in [0.25, 0.3) is 21.3 Å². The number of aromatic amines is 1. The zero-order valence-electron chi connectivity index (χ0n) is 17.0. The van der Waals surface area contributed by atoms with Crippen molar-refractivity contribution in [2.45, 2.75) is 23.2 Å². The summed E-state index contributed by atoms with van der Waals surface area (Å²) in [6.07, 6.45) is -0.0793. The molecule has 0 fully saturated rings. The van der Waals surface area contributed by atoms with Crippen molar-refractivity contribution in [2.24, 2.45) is 0 Å². The lowest BCUT2D eigenvalue weighted by atomic mass is 10.1. The van der Waals surface area contributed by atoms with E-state index < -0.39 is 11.2 Å². The number of hydrogen-bond acceptors (Lipinski definition) is 7. The molecule has 0 bridgehead atoms. The number of rotatable bonds is 5. The quantitative estimate of drug-likeness (QED) is 0.346. The second-order valence-electron chi connectivity index (χ2n) is 7.31. The van der Waals surface area contributed by atoms with Crippen molar-refractivity contribution in [3.8, 4) is 11.1 Å². The Morgan fingerprint density at radius 2 is 1.91 bits per heavy atom. The first kappa shape index (κ1) is 21.9. The molecule has 10 heteroatoms. The Bertz CT molecular complexity index is 1430. The molecule has 33 heavy (non-hydrogen) atoms. The third kappa shape index (κ3) is 4.59. The topological polar surface area (TPSA) is 101 Å². The minimum Gasteiger partial charge on any atom is -0.457 e. The van der Waals surface area contributed by atoms with E-state index in [0.717, 1.165) is 26.2 Å². The van der Waals surface area contributed by atoms with Gasteiger partial charge in [0, 0.05) is 20.3 Å². The van der Waals surface area contributed by atoms with Gasteiger partial charge in [-0.1, -0.05) is 40.2 Å². The van der Waals surface area contributed by atoms with Crippen molar-refractivity contribution >= 4 is 66.8 Å². The molecule has 1 aliphatic rings. The summed E-state index contributed by atoms with van der Waals surface area (Å²) in [5.74, 6) is -0.509. The van der Waals surface area contributed by atoms with Crippen LogP contribution in [0.15, 0.2) is 68.1 Å². The second kappa shape index (κ2) is 9.12. The van der Waals surface area contributed by atoms with Crippen LogP contribution in [-0.2, 0) is 20.9 Å². The number of esters is 1. The van der Waals surface area contributed by atoms with Gasteiger partial charge in [0.05, 0.1) is 22.7 Å². The first-order valence-corrected chi connectivity index (χ1v) is 12.5. The van der Waals surface area contributed by atoms with Gasteiger partial charge in [-0.15, -0.1) is 23.1 Å². The van der Waals surface area contributed by atoms with E-state index >= 15 is 0 Å². The van der Waals surface area contributed by atoms with Gasteiger partial charge in [-0.25, -0.2) is 4.98 Å². The van der Waals surface area contributed by atoms with Crippen molar-refractivity contribution < 1.29 is 14.3 Å². The Kier molecular flexibility index (Phi) is 6.05. The zero-order chi connectivity index (χ0) is 22.9. The number of para-hydroxylation sites is 1. The van der Waals surface area contributed by atoms with Gasteiger partial charge < -0.3 is 15.0 Å². The van der Waals surface area contributed by atoms with Crippen LogP contribution in [0.5, 0.6) is 0 Å². The Hall–Kier alpha value is -2.95. The van der Waals surface area contributed by atoms with E-state index in [0.29, 0.717) is 10.2 Å². The minimum absolute atomic E-state index is 0.0793. The number of carbonyl (C=O) groups is 2. The van der Waals surface area contributed by atoms with Crippen LogP contribution in [0, 0.1) is 0 Å². The number of benzene rings is 2. The molecule has 7 nitrogen and oxygen atoms in total. The van der Waals surface area contributed by atoms with E-state index in [1.807, 2.05) is 53.9 Å². The molecule has 2 aromatic carbocycles. The van der Waals surface area contributed by atoms with Crippen LogP contribution in [0.2, 0.25) is 0 Å². The van der Waals surface area contributed by atoms with Crippen molar-refractivity contribution in [2.75, 3.05) is 5.32 Å². The fraction of sp³-hybridized carbons (Fsp3) is 0.130. The van der Waals surface area contributed by atoms with Crippen molar-refractivity contribution in [1.82, 2.24) is 9.97 Å². The van der Waals surface area contributed by atoms with Gasteiger partial charge in [0.15, 0.2) is 0 Å². The van der Waals surface area contributed by atoms with Gasteiger partial charge in [0.25, 0.3) is 5.56 Å². The van der Waals surface area contributed by atoms with Crippen molar-refractivity contribution in [3.63, 3.8) is 0 Å². The summed E-state index contributed by atoms with van der Waals surface area (Å²) in [5.41, 5.74) is 2.18. The molecule has 1 amide bonds. The van der Waals surface area contributed by atoms with Crippen LogP contribution >= 0.6 is 39.0 Å². The van der Waals surface area contributed by atoms with E-state index in [9.17, 15) is 14.4 Å². The summed E-state index contributed by atoms with van der Waals surface area (Å²) in [7, 11) is 0. The SMILES string of the molecule is O=C(C[C@@H]1Sc2ccccc2NC1=O)OCc1nc2scc(-c3ccc(Br)cc3)c2c(=O)[nH]1. The van der Waals surface area contributed by atoms with Crippen LogP contribution < -0.4 is 10.9 Å². The monoisotopic (exact) mass is 541 g/mol. The molecule has 166 valence electrons. The standard InChI is InChI=1S/C23H16BrN3O4S2/c24-13-7-5-12(6-8-13)14-11-32-23-20(14)22(30)26-18(27-23)10-31-19(28)9-17-21(29)25-15-3-1-2-4-16(15)33-17/h1-8,11,17H,9-10H2,(H,25,29)(H,26,27,30)/t17-/m0/s1. The molecule has 0 spiro atoms. The smallest absolute Gasteiger partial charge is 0.307 e. The Morgan fingerprint density at radius 1 is 1.12 bits per heavy atom. The molecular weight excluding hydrogens is 526 g/mol. The number of ether oxygens (including phenoxy) is 1. The zero-order valence-corrected chi connectivity index (χ0v) is 20.2. The highest BCUT2D eigenvalue weighted by atomic mass is 79.9. The number of hydrogen-bond donors (Lipinski definition) is 2. The van der Waals surface area contributed by atoms with Crippen molar-refractivity contribution in [3.05, 3.63) is 74.6 Å². The van der Waals surface area contributed by atoms with Crippen molar-refractivity contribution in [1.29, 1.82) is 0 Å². The number of nitrogens with zero attached hydrogens (tertiary/aromatic N) is 1. The number of thiophene rings is 1. The lowest BCUT2D eigenvalue weighted by Gasteiger charge is -2.23. The van der Waals surface area contributed by atoms with Gasteiger partial charge >= 0.3 is 5.97 Å². The molecular formula is C23H16BrN3O4S2. The lowest BCUT2D eigenvalue weighted by Crippen LogP contribution is -2.31. The molecule has 1 aliphatic heterocycles. The van der Waals surface area contributed by atoms with E-state index in [1.165, 1.54) is 23.1 Å². The summed E-state index contributed by atoms with van der Waals surface area (Å²) < 4.78 is 6.26. The molecule has 2 N–H and O–H groups in total. The Morgan fingerprint density at radius 3 is 2.73 bits per heavy atom. The molecule has 3 heterocycles. The van der Waals surface area contributed by atoms with E-state index in [1.54, 1.807) is 0 Å². The maximum atomic E-state index is 12.7. The lowest BCUT2D eigenvalue weighted by molar-refractivity contribution is -0.146. The van der Waals surface area contributed by atoms with Gasteiger partial charge in [-0.05, 0) is 29.8 Å². The van der Waals surface area contributed by atoms with Gasteiger partial charge in [-0.3, -0.25) is 14.4 Å². The first-order valence-electron chi connectivity index (χ1n) is 9.96. The number of thioether (sulfide) groups is 1. The number of nitrogens with one attached hydrogen (secondary N) is 2. The highest BCUT2D eigenvalue weighted by Gasteiger charge is 2.29. The largest absolute Gasteiger partial charge is 0.457 e. The number of anilines is 1. The number of H-pyrrole nitrogens is 1. The summed E-state index contributed by atoms with van der Waals surface area (Å²) >= 11 is 6.10. The molecule has 1 atom stereocenters.